The maximum absolute atomic E-state index is 12.3. The van der Waals surface area contributed by atoms with Gasteiger partial charge in [-0.2, -0.15) is 0 Å². The van der Waals surface area contributed by atoms with Crippen LogP contribution in [0.5, 0.6) is 23.0 Å². The van der Waals surface area contributed by atoms with Gasteiger partial charge in [0.1, 0.15) is 23.0 Å². The van der Waals surface area contributed by atoms with Crippen molar-refractivity contribution in [1.82, 2.24) is 0 Å². The second-order valence-electron chi connectivity index (χ2n) is 5.22. The first-order valence-electron chi connectivity index (χ1n) is 7.37. The van der Waals surface area contributed by atoms with Crippen LogP contribution in [0.2, 0.25) is 0 Å². The molecule has 2 aromatic rings. The topological polar surface area (TPSA) is 82.1 Å². The van der Waals surface area contributed by atoms with E-state index in [4.69, 9.17) is 14.2 Å². The average Bonchev–Trinajstić information content (AvgIpc) is 2.60. The van der Waals surface area contributed by atoms with Crippen molar-refractivity contribution >= 4 is 15.9 Å². The van der Waals surface area contributed by atoms with Crippen LogP contribution in [-0.2, 0) is 15.6 Å². The highest BCUT2D eigenvalue weighted by Crippen LogP contribution is 2.34. The van der Waals surface area contributed by atoms with Crippen LogP contribution in [0.1, 0.15) is 11.1 Å². The van der Waals surface area contributed by atoms with Crippen LogP contribution in [0.25, 0.3) is 6.08 Å². The number of sulfone groups is 1. The molecule has 7 heteroatoms. The summed E-state index contributed by atoms with van der Waals surface area (Å²) in [6.07, 6.45) is 1.40. The minimum absolute atomic E-state index is 0.0352. The van der Waals surface area contributed by atoms with Crippen LogP contribution < -0.4 is 14.2 Å². The van der Waals surface area contributed by atoms with E-state index in [0.29, 0.717) is 28.4 Å². The van der Waals surface area contributed by atoms with Crippen LogP contribution >= 0.6 is 0 Å². The summed E-state index contributed by atoms with van der Waals surface area (Å²) >= 11 is 0. The Bertz CT molecular complexity index is 829. The molecule has 2 aromatic carbocycles. The molecule has 2 rings (SSSR count). The third kappa shape index (κ3) is 4.90. The number of phenols is 1. The van der Waals surface area contributed by atoms with Gasteiger partial charge in [0.15, 0.2) is 9.84 Å². The molecule has 0 saturated heterocycles. The van der Waals surface area contributed by atoms with Crippen molar-refractivity contribution in [3.8, 4) is 23.0 Å². The molecule has 0 atom stereocenters. The number of methoxy groups -OCH3 is 3. The molecule has 0 saturated carbocycles. The van der Waals surface area contributed by atoms with Crippen molar-refractivity contribution in [1.29, 1.82) is 0 Å². The second-order valence-corrected chi connectivity index (χ2v) is 7.11. The summed E-state index contributed by atoms with van der Waals surface area (Å²) in [6, 6.07) is 9.59. The van der Waals surface area contributed by atoms with Gasteiger partial charge in [0, 0.05) is 17.5 Å². The summed E-state index contributed by atoms with van der Waals surface area (Å²) in [5.41, 5.74) is 1.08. The first kappa shape index (κ1) is 18.7. The predicted molar refractivity (Wildman–Crippen MR) is 95.9 cm³/mol. The standard InChI is InChI=1S/C18H20O6S/c1-22-15-6-4-13(5-7-15)12-25(20,21)9-8-16-17(23-2)10-14(19)11-18(16)24-3/h4-11,19H,12H2,1-3H3. The summed E-state index contributed by atoms with van der Waals surface area (Å²) in [5, 5.41) is 10.7. The maximum Gasteiger partial charge on any atom is 0.175 e. The van der Waals surface area contributed by atoms with Gasteiger partial charge in [-0.25, -0.2) is 8.42 Å². The van der Waals surface area contributed by atoms with Gasteiger partial charge < -0.3 is 19.3 Å². The average molecular weight is 364 g/mol. The number of phenolic OH excluding ortho intramolecular Hbond substituents is 1. The van der Waals surface area contributed by atoms with E-state index in [1.165, 1.54) is 32.4 Å². The number of benzene rings is 2. The predicted octanol–water partition coefficient (Wildman–Crippen LogP) is 3.00. The van der Waals surface area contributed by atoms with E-state index in [-0.39, 0.29) is 11.5 Å². The molecule has 6 nitrogen and oxygen atoms in total. The first-order valence-corrected chi connectivity index (χ1v) is 9.09. The van der Waals surface area contributed by atoms with Gasteiger partial charge >= 0.3 is 0 Å². The number of hydrogen-bond donors (Lipinski definition) is 1. The Kier molecular flexibility index (Phi) is 5.93. The van der Waals surface area contributed by atoms with Crippen LogP contribution in [0.3, 0.4) is 0 Å². The van der Waals surface area contributed by atoms with E-state index in [1.54, 1.807) is 31.4 Å². The van der Waals surface area contributed by atoms with Gasteiger partial charge in [-0.1, -0.05) is 12.1 Å². The molecule has 0 unspecified atom stereocenters. The van der Waals surface area contributed by atoms with Gasteiger partial charge in [0.25, 0.3) is 0 Å². The van der Waals surface area contributed by atoms with Gasteiger partial charge in [-0.05, 0) is 23.8 Å². The Morgan fingerprint density at radius 3 is 2.00 bits per heavy atom. The number of ether oxygens (including phenoxy) is 3. The molecule has 0 heterocycles. The summed E-state index contributed by atoms with van der Waals surface area (Å²) < 4.78 is 40.1. The summed E-state index contributed by atoms with van der Waals surface area (Å²) in [6.45, 7) is 0. The molecular weight excluding hydrogens is 344 g/mol. The highest BCUT2D eigenvalue weighted by atomic mass is 32.2. The van der Waals surface area contributed by atoms with Crippen molar-refractivity contribution in [2.45, 2.75) is 5.75 Å². The fourth-order valence-electron chi connectivity index (χ4n) is 2.26. The molecule has 0 aliphatic rings. The Hall–Kier alpha value is -2.67. The third-order valence-corrected chi connectivity index (χ3v) is 4.78. The first-order chi connectivity index (χ1) is 11.9. The number of rotatable bonds is 7. The van der Waals surface area contributed by atoms with E-state index in [2.05, 4.69) is 0 Å². The monoisotopic (exact) mass is 364 g/mol. The lowest BCUT2D eigenvalue weighted by molar-refractivity contribution is 0.383. The summed E-state index contributed by atoms with van der Waals surface area (Å²) in [4.78, 5) is 0. The molecule has 0 fully saturated rings. The molecule has 0 aromatic heterocycles. The highest BCUT2D eigenvalue weighted by Gasteiger charge is 2.13. The Labute approximate surface area is 147 Å². The summed E-state index contributed by atoms with van der Waals surface area (Å²) in [7, 11) is 0.897. The zero-order valence-corrected chi connectivity index (χ0v) is 15.0. The number of hydrogen-bond acceptors (Lipinski definition) is 6. The largest absolute Gasteiger partial charge is 0.508 e. The van der Waals surface area contributed by atoms with E-state index in [9.17, 15) is 13.5 Å². The molecule has 0 aliphatic heterocycles. The quantitative estimate of drug-likeness (QED) is 0.813. The van der Waals surface area contributed by atoms with Crippen molar-refractivity contribution in [2.75, 3.05) is 21.3 Å². The van der Waals surface area contributed by atoms with Crippen molar-refractivity contribution in [2.24, 2.45) is 0 Å². The lowest BCUT2D eigenvalue weighted by Crippen LogP contribution is -2.00. The third-order valence-electron chi connectivity index (χ3n) is 3.50. The summed E-state index contributed by atoms with van der Waals surface area (Å²) in [5.74, 6) is 1.11. The zero-order valence-electron chi connectivity index (χ0n) is 14.2. The van der Waals surface area contributed by atoms with E-state index < -0.39 is 9.84 Å². The smallest absolute Gasteiger partial charge is 0.175 e. The Morgan fingerprint density at radius 2 is 1.52 bits per heavy atom. The molecular formula is C18H20O6S. The Balaban J connectivity index is 2.27. The molecule has 1 N–H and O–H groups in total. The van der Waals surface area contributed by atoms with Crippen molar-refractivity contribution < 1.29 is 27.7 Å². The molecule has 134 valence electrons. The Morgan fingerprint density at radius 1 is 0.960 bits per heavy atom. The van der Waals surface area contributed by atoms with Crippen molar-refractivity contribution in [3.63, 3.8) is 0 Å². The van der Waals surface area contributed by atoms with E-state index in [0.717, 1.165) is 5.41 Å². The molecule has 0 aliphatic carbocycles. The zero-order chi connectivity index (χ0) is 18.4. The molecule has 25 heavy (non-hydrogen) atoms. The van der Waals surface area contributed by atoms with Gasteiger partial charge in [0.2, 0.25) is 0 Å². The fraction of sp³-hybridized carbons (Fsp3) is 0.222. The lowest BCUT2D eigenvalue weighted by Gasteiger charge is -2.11. The minimum Gasteiger partial charge on any atom is -0.508 e. The molecule has 0 bridgehead atoms. The van der Waals surface area contributed by atoms with E-state index >= 15 is 0 Å². The van der Waals surface area contributed by atoms with Crippen LogP contribution in [0.15, 0.2) is 41.8 Å². The molecule has 0 spiro atoms. The SMILES string of the molecule is COc1ccc(CS(=O)(=O)C=Cc2c(OC)cc(O)cc2OC)cc1. The lowest BCUT2D eigenvalue weighted by atomic mass is 10.1. The number of aromatic hydroxyl groups is 1. The molecule has 0 amide bonds. The highest BCUT2D eigenvalue weighted by molar-refractivity contribution is 7.93. The normalized spacial score (nSPS) is 11.5. The van der Waals surface area contributed by atoms with E-state index in [1.807, 2.05) is 0 Å². The fourth-order valence-corrected chi connectivity index (χ4v) is 3.36. The van der Waals surface area contributed by atoms with Crippen LogP contribution in [-0.4, -0.2) is 34.9 Å². The van der Waals surface area contributed by atoms with Crippen LogP contribution in [0.4, 0.5) is 0 Å². The van der Waals surface area contributed by atoms with Gasteiger partial charge in [-0.3, -0.25) is 0 Å². The van der Waals surface area contributed by atoms with Gasteiger partial charge in [0.05, 0.1) is 32.6 Å². The van der Waals surface area contributed by atoms with Gasteiger partial charge in [-0.15, -0.1) is 0 Å². The van der Waals surface area contributed by atoms with Crippen LogP contribution in [0, 0.1) is 0 Å². The second kappa shape index (κ2) is 7.94. The van der Waals surface area contributed by atoms with Crippen molar-refractivity contribution in [3.05, 3.63) is 52.9 Å². The molecule has 0 radical (unpaired) electrons. The minimum atomic E-state index is -3.51. The maximum atomic E-state index is 12.3.